The Morgan fingerprint density at radius 1 is 1.80 bits per heavy atom. The molecule has 1 aromatic rings. The average molecular weight is 148 g/mol. The first kappa shape index (κ1) is 6.80. The third-order valence-corrected chi connectivity index (χ3v) is 2.16. The quantitative estimate of drug-likeness (QED) is 0.519. The molecule has 0 N–H and O–H groups in total. The van der Waals surface area contributed by atoms with Gasteiger partial charge in [0.25, 0.3) is 5.00 Å². The van der Waals surface area contributed by atoms with Crippen LogP contribution in [-0.2, 0) is 0 Å². The minimum atomic E-state index is 0.500. The zero-order chi connectivity index (χ0) is 7.56. The lowest BCUT2D eigenvalue weighted by Crippen LogP contribution is -1.69. The number of nitriles is 1. The second-order valence-corrected chi connectivity index (χ2v) is 2.68. The molecule has 0 bridgehead atoms. The van der Waals surface area contributed by atoms with Gasteiger partial charge < -0.3 is 0 Å². The van der Waals surface area contributed by atoms with Crippen LogP contribution in [0.1, 0.15) is 11.1 Å². The minimum absolute atomic E-state index is 0.500. The number of rotatable bonds is 0. The van der Waals surface area contributed by atoms with Crippen molar-refractivity contribution in [1.29, 1.82) is 5.26 Å². The lowest BCUT2D eigenvalue weighted by atomic mass is 10.2. The van der Waals surface area contributed by atoms with E-state index in [0.29, 0.717) is 10.6 Å². The van der Waals surface area contributed by atoms with E-state index in [9.17, 15) is 0 Å². The molecule has 0 atom stereocenters. The normalized spacial score (nSPS) is 8.30. The predicted molar refractivity (Wildman–Crippen MR) is 40.0 cm³/mol. The minimum Gasteiger partial charge on any atom is -0.225 e. The van der Waals surface area contributed by atoms with E-state index in [1.54, 1.807) is 0 Å². The Morgan fingerprint density at radius 2 is 2.50 bits per heavy atom. The highest BCUT2D eigenvalue weighted by molar-refractivity contribution is 7.14. The van der Waals surface area contributed by atoms with Crippen molar-refractivity contribution < 1.29 is 0 Å². The van der Waals surface area contributed by atoms with Crippen LogP contribution in [0.5, 0.6) is 0 Å². The van der Waals surface area contributed by atoms with Gasteiger partial charge in [0.1, 0.15) is 0 Å². The van der Waals surface area contributed by atoms with Gasteiger partial charge in [-0.05, 0) is 17.9 Å². The van der Waals surface area contributed by atoms with Crippen molar-refractivity contribution in [2.45, 2.75) is 6.92 Å². The van der Waals surface area contributed by atoms with Gasteiger partial charge in [0.05, 0.1) is 18.2 Å². The molecule has 0 spiro atoms. The molecule has 0 aliphatic carbocycles. The van der Waals surface area contributed by atoms with Gasteiger partial charge >= 0.3 is 0 Å². The maximum Gasteiger partial charge on any atom is 0.258 e. The van der Waals surface area contributed by atoms with Crippen molar-refractivity contribution in [2.24, 2.45) is 0 Å². The van der Waals surface area contributed by atoms with Crippen molar-refractivity contribution in [3.63, 3.8) is 0 Å². The Morgan fingerprint density at radius 3 is 2.90 bits per heavy atom. The standard InChI is InChI=1S/C7H4N2S/c1-5-4-10-7(9-2)6(5)3-8/h4H,1H3. The Hall–Kier alpha value is -1.32. The molecule has 0 saturated carbocycles. The fraction of sp³-hybridized carbons (Fsp3) is 0.143. The zero-order valence-electron chi connectivity index (χ0n) is 5.38. The van der Waals surface area contributed by atoms with Crippen molar-refractivity contribution in [3.05, 3.63) is 27.9 Å². The maximum absolute atomic E-state index is 8.53. The van der Waals surface area contributed by atoms with Crippen molar-refractivity contribution in [3.8, 4) is 6.07 Å². The first-order valence-electron chi connectivity index (χ1n) is 2.65. The van der Waals surface area contributed by atoms with E-state index in [2.05, 4.69) is 4.85 Å². The summed E-state index contributed by atoms with van der Waals surface area (Å²) in [6, 6.07) is 1.99. The summed E-state index contributed by atoms with van der Waals surface area (Å²) in [7, 11) is 0. The highest BCUT2D eigenvalue weighted by Crippen LogP contribution is 2.29. The SMILES string of the molecule is [C-]#[N+]c1scc(C)c1C#N. The van der Waals surface area contributed by atoms with E-state index < -0.39 is 0 Å². The number of hydrogen-bond donors (Lipinski definition) is 0. The number of nitrogens with zero attached hydrogens (tertiary/aromatic N) is 2. The second kappa shape index (κ2) is 2.51. The van der Waals surface area contributed by atoms with Gasteiger partial charge in [0.2, 0.25) is 0 Å². The summed E-state index contributed by atoms with van der Waals surface area (Å²) in [5.41, 5.74) is 1.43. The van der Waals surface area contributed by atoms with Gasteiger partial charge in [0.15, 0.2) is 0 Å². The van der Waals surface area contributed by atoms with E-state index in [0.717, 1.165) is 5.56 Å². The monoisotopic (exact) mass is 148 g/mol. The summed E-state index contributed by atoms with van der Waals surface area (Å²) in [4.78, 5) is 3.21. The van der Waals surface area contributed by atoms with Crippen LogP contribution in [0.2, 0.25) is 0 Å². The predicted octanol–water partition coefficient (Wildman–Crippen LogP) is 2.48. The van der Waals surface area contributed by atoms with Gasteiger partial charge in [-0.3, -0.25) is 0 Å². The molecule has 0 radical (unpaired) electrons. The Balaban J connectivity index is 3.34. The van der Waals surface area contributed by atoms with Gasteiger partial charge in [0, 0.05) is 0 Å². The van der Waals surface area contributed by atoms with Gasteiger partial charge in [-0.1, -0.05) is 0 Å². The third-order valence-electron chi connectivity index (χ3n) is 1.17. The van der Waals surface area contributed by atoms with E-state index in [-0.39, 0.29) is 0 Å². The molecule has 0 saturated heterocycles. The molecule has 0 aromatic carbocycles. The summed E-state index contributed by atoms with van der Waals surface area (Å²) in [6.07, 6.45) is 0. The Kier molecular flexibility index (Phi) is 1.71. The molecule has 0 amide bonds. The van der Waals surface area contributed by atoms with E-state index in [4.69, 9.17) is 11.8 Å². The molecule has 2 nitrogen and oxygen atoms in total. The van der Waals surface area contributed by atoms with Crippen LogP contribution in [0, 0.1) is 24.8 Å². The highest BCUT2D eigenvalue weighted by Gasteiger charge is 2.05. The fourth-order valence-corrected chi connectivity index (χ4v) is 1.43. The van der Waals surface area contributed by atoms with Gasteiger partial charge in [-0.2, -0.15) is 16.6 Å². The first-order chi connectivity index (χ1) is 4.79. The first-order valence-corrected chi connectivity index (χ1v) is 3.53. The number of aryl methyl sites for hydroxylation is 1. The van der Waals surface area contributed by atoms with E-state index in [1.807, 2.05) is 18.4 Å². The molecule has 1 aromatic heterocycles. The van der Waals surface area contributed by atoms with Crippen LogP contribution >= 0.6 is 11.3 Å². The summed E-state index contributed by atoms with van der Waals surface area (Å²) < 4.78 is 0. The number of hydrogen-bond acceptors (Lipinski definition) is 2. The molecule has 0 fully saturated rings. The molecular formula is C7H4N2S. The fourth-order valence-electron chi connectivity index (χ4n) is 0.649. The second-order valence-electron chi connectivity index (χ2n) is 1.82. The topological polar surface area (TPSA) is 28.1 Å². The van der Waals surface area contributed by atoms with Crippen LogP contribution in [-0.4, -0.2) is 0 Å². The van der Waals surface area contributed by atoms with Crippen LogP contribution in [0.25, 0.3) is 4.85 Å². The Labute approximate surface area is 63.2 Å². The average Bonchev–Trinajstić information content (AvgIpc) is 2.30. The molecule has 0 aliphatic heterocycles. The summed E-state index contributed by atoms with van der Waals surface area (Å²) in [6.45, 7) is 8.52. The largest absolute Gasteiger partial charge is 0.258 e. The summed E-state index contributed by atoms with van der Waals surface area (Å²) in [5.74, 6) is 0. The van der Waals surface area contributed by atoms with E-state index >= 15 is 0 Å². The molecule has 3 heteroatoms. The van der Waals surface area contributed by atoms with E-state index in [1.165, 1.54) is 11.3 Å². The molecule has 10 heavy (non-hydrogen) atoms. The van der Waals surface area contributed by atoms with Crippen LogP contribution in [0.15, 0.2) is 5.38 Å². The lowest BCUT2D eigenvalue weighted by molar-refractivity contribution is 1.45. The lowest BCUT2D eigenvalue weighted by Gasteiger charge is -1.81. The molecule has 1 heterocycles. The zero-order valence-corrected chi connectivity index (χ0v) is 6.20. The molecule has 0 unspecified atom stereocenters. The Bertz CT molecular complexity index is 324. The van der Waals surface area contributed by atoms with Crippen LogP contribution in [0.4, 0.5) is 5.00 Å². The van der Waals surface area contributed by atoms with Crippen molar-refractivity contribution >= 4 is 16.3 Å². The molecular weight excluding hydrogens is 144 g/mol. The maximum atomic E-state index is 8.53. The molecule has 0 aliphatic rings. The van der Waals surface area contributed by atoms with Crippen LogP contribution in [0.3, 0.4) is 0 Å². The number of thiophene rings is 1. The third kappa shape index (κ3) is 0.877. The summed E-state index contributed by atoms with van der Waals surface area (Å²) in [5, 5.41) is 10.9. The van der Waals surface area contributed by atoms with Crippen LogP contribution < -0.4 is 0 Å². The smallest absolute Gasteiger partial charge is 0.225 e. The van der Waals surface area contributed by atoms with Gasteiger partial charge in [-0.25, -0.2) is 4.85 Å². The molecule has 1 rings (SSSR count). The van der Waals surface area contributed by atoms with Crippen molar-refractivity contribution in [2.75, 3.05) is 0 Å². The molecule has 48 valence electrons. The summed E-state index contributed by atoms with van der Waals surface area (Å²) >= 11 is 1.32. The van der Waals surface area contributed by atoms with Crippen molar-refractivity contribution in [1.82, 2.24) is 0 Å². The van der Waals surface area contributed by atoms with Gasteiger partial charge in [-0.15, -0.1) is 0 Å². The highest BCUT2D eigenvalue weighted by atomic mass is 32.1.